The lowest BCUT2D eigenvalue weighted by Gasteiger charge is -2.05. The first-order chi connectivity index (χ1) is 6.70. The summed E-state index contributed by atoms with van der Waals surface area (Å²) in [6, 6.07) is 6.16. The predicted molar refractivity (Wildman–Crippen MR) is 70.1 cm³/mol. The fraction of sp³-hybridized carbons (Fsp3) is 0.200. The fourth-order valence-electron chi connectivity index (χ4n) is 1.33. The quantitative estimate of drug-likeness (QED) is 0.860. The second kappa shape index (κ2) is 3.94. The minimum Gasteiger partial charge on any atom is -0.493 e. The summed E-state index contributed by atoms with van der Waals surface area (Å²) in [5.74, 6) is 0.947. The van der Waals surface area contributed by atoms with Crippen LogP contribution in [0.5, 0.6) is 5.75 Å². The fourth-order valence-corrected chi connectivity index (χ4v) is 2.82. The van der Waals surface area contributed by atoms with Crippen molar-refractivity contribution in [3.8, 4) is 5.75 Å². The third-order valence-corrected chi connectivity index (χ3v) is 3.66. The largest absolute Gasteiger partial charge is 0.493 e. The smallest absolute Gasteiger partial charge is 0.134 e. The SMILES string of the molecule is CCOc1cc2sc(N)cc2cc1I. The van der Waals surface area contributed by atoms with E-state index in [1.807, 2.05) is 13.0 Å². The molecule has 4 heteroatoms. The molecule has 0 saturated heterocycles. The van der Waals surface area contributed by atoms with Gasteiger partial charge < -0.3 is 10.5 Å². The molecule has 0 unspecified atom stereocenters. The number of rotatable bonds is 2. The zero-order valence-electron chi connectivity index (χ0n) is 7.71. The van der Waals surface area contributed by atoms with Gasteiger partial charge in [-0.2, -0.15) is 0 Å². The van der Waals surface area contributed by atoms with Crippen LogP contribution < -0.4 is 10.5 Å². The van der Waals surface area contributed by atoms with Gasteiger partial charge in [0.15, 0.2) is 0 Å². The van der Waals surface area contributed by atoms with Gasteiger partial charge in [0.25, 0.3) is 0 Å². The Morgan fingerprint density at radius 2 is 2.21 bits per heavy atom. The van der Waals surface area contributed by atoms with E-state index in [1.54, 1.807) is 11.3 Å². The summed E-state index contributed by atoms with van der Waals surface area (Å²) in [6.45, 7) is 2.69. The van der Waals surface area contributed by atoms with E-state index in [-0.39, 0.29) is 0 Å². The van der Waals surface area contributed by atoms with Crippen LogP contribution in [0.4, 0.5) is 5.00 Å². The third kappa shape index (κ3) is 1.81. The van der Waals surface area contributed by atoms with Crippen molar-refractivity contribution in [1.29, 1.82) is 0 Å². The van der Waals surface area contributed by atoms with Gasteiger partial charge in [0.1, 0.15) is 5.75 Å². The molecule has 0 aliphatic carbocycles. The van der Waals surface area contributed by atoms with E-state index in [9.17, 15) is 0 Å². The summed E-state index contributed by atoms with van der Waals surface area (Å²) < 4.78 is 7.83. The summed E-state index contributed by atoms with van der Waals surface area (Å²) in [4.78, 5) is 0. The van der Waals surface area contributed by atoms with Crippen molar-refractivity contribution < 1.29 is 4.74 Å². The molecule has 1 aromatic heterocycles. The van der Waals surface area contributed by atoms with Crippen LogP contribution in [-0.2, 0) is 0 Å². The Bertz CT molecular complexity index is 466. The maximum Gasteiger partial charge on any atom is 0.134 e. The minimum atomic E-state index is 0.697. The molecule has 1 aromatic carbocycles. The normalized spacial score (nSPS) is 10.7. The van der Waals surface area contributed by atoms with Crippen molar-refractivity contribution in [3.05, 3.63) is 21.8 Å². The summed E-state index contributed by atoms with van der Waals surface area (Å²) in [5.41, 5.74) is 5.74. The molecular weight excluding hydrogens is 309 g/mol. The number of halogens is 1. The Kier molecular flexibility index (Phi) is 2.83. The number of benzene rings is 1. The molecule has 0 aliphatic rings. The summed E-state index contributed by atoms with van der Waals surface area (Å²) in [7, 11) is 0. The number of hydrogen-bond donors (Lipinski definition) is 1. The van der Waals surface area contributed by atoms with E-state index in [0.29, 0.717) is 6.61 Å². The number of nitrogen functional groups attached to an aromatic ring is 1. The minimum absolute atomic E-state index is 0.697. The zero-order chi connectivity index (χ0) is 10.1. The summed E-state index contributed by atoms with van der Waals surface area (Å²) in [6.07, 6.45) is 0. The van der Waals surface area contributed by atoms with Crippen LogP contribution in [0.2, 0.25) is 0 Å². The number of fused-ring (bicyclic) bond motifs is 1. The van der Waals surface area contributed by atoms with Crippen LogP contribution in [0.1, 0.15) is 6.92 Å². The van der Waals surface area contributed by atoms with Crippen LogP contribution in [0.3, 0.4) is 0 Å². The van der Waals surface area contributed by atoms with Crippen molar-refractivity contribution in [3.63, 3.8) is 0 Å². The van der Waals surface area contributed by atoms with Gasteiger partial charge in [0, 0.05) is 4.70 Å². The van der Waals surface area contributed by atoms with Crippen molar-refractivity contribution in [2.24, 2.45) is 0 Å². The standard InChI is InChI=1S/C10H10INOS/c1-2-13-8-5-9-6(3-7(8)11)4-10(12)14-9/h3-5H,2,12H2,1H3. The Morgan fingerprint density at radius 3 is 2.93 bits per heavy atom. The second-order valence-electron chi connectivity index (χ2n) is 2.90. The molecule has 0 bridgehead atoms. The maximum absolute atomic E-state index is 5.74. The molecule has 0 saturated carbocycles. The first kappa shape index (κ1) is 10.0. The molecule has 0 radical (unpaired) electrons. The van der Waals surface area contributed by atoms with E-state index in [4.69, 9.17) is 10.5 Å². The van der Waals surface area contributed by atoms with E-state index in [2.05, 4.69) is 34.7 Å². The highest BCUT2D eigenvalue weighted by atomic mass is 127. The topological polar surface area (TPSA) is 35.2 Å². The number of anilines is 1. The van der Waals surface area contributed by atoms with Crippen molar-refractivity contribution in [1.82, 2.24) is 0 Å². The van der Waals surface area contributed by atoms with Gasteiger partial charge in [-0.05, 0) is 53.1 Å². The predicted octanol–water partition coefficient (Wildman–Crippen LogP) is 3.49. The number of hydrogen-bond acceptors (Lipinski definition) is 3. The van der Waals surface area contributed by atoms with Crippen LogP contribution >= 0.6 is 33.9 Å². The highest BCUT2D eigenvalue weighted by Crippen LogP contribution is 2.33. The number of nitrogens with two attached hydrogens (primary N) is 1. The highest BCUT2D eigenvalue weighted by molar-refractivity contribution is 14.1. The zero-order valence-corrected chi connectivity index (χ0v) is 10.7. The molecule has 0 amide bonds. The average Bonchev–Trinajstić information content (AvgIpc) is 2.45. The Balaban J connectivity index is 2.58. The third-order valence-electron chi connectivity index (χ3n) is 1.89. The van der Waals surface area contributed by atoms with Gasteiger partial charge in [0.05, 0.1) is 15.2 Å². The van der Waals surface area contributed by atoms with Gasteiger partial charge in [-0.3, -0.25) is 0 Å². The van der Waals surface area contributed by atoms with E-state index >= 15 is 0 Å². The monoisotopic (exact) mass is 319 g/mol. The Hall–Kier alpha value is -0.490. The van der Waals surface area contributed by atoms with Gasteiger partial charge in [-0.1, -0.05) is 0 Å². The van der Waals surface area contributed by atoms with Crippen LogP contribution in [0.15, 0.2) is 18.2 Å². The number of thiophene rings is 1. The van der Waals surface area contributed by atoms with E-state index < -0.39 is 0 Å². The Labute approximate surface area is 100 Å². The first-order valence-corrected chi connectivity index (χ1v) is 6.21. The lowest BCUT2D eigenvalue weighted by molar-refractivity contribution is 0.338. The molecule has 2 rings (SSSR count). The van der Waals surface area contributed by atoms with Crippen molar-refractivity contribution in [2.45, 2.75) is 6.92 Å². The molecule has 0 spiro atoms. The lowest BCUT2D eigenvalue weighted by atomic mass is 10.2. The number of ether oxygens (including phenoxy) is 1. The van der Waals surface area contributed by atoms with Crippen molar-refractivity contribution in [2.75, 3.05) is 12.3 Å². The summed E-state index contributed by atoms with van der Waals surface area (Å²) >= 11 is 3.88. The molecule has 0 atom stereocenters. The van der Waals surface area contributed by atoms with E-state index in [1.165, 1.54) is 10.1 Å². The average molecular weight is 319 g/mol. The van der Waals surface area contributed by atoms with Gasteiger partial charge in [-0.15, -0.1) is 11.3 Å². The molecule has 2 N–H and O–H groups in total. The highest BCUT2D eigenvalue weighted by Gasteiger charge is 2.05. The van der Waals surface area contributed by atoms with Gasteiger partial charge in [-0.25, -0.2) is 0 Å². The van der Waals surface area contributed by atoms with E-state index in [0.717, 1.165) is 14.3 Å². The molecule has 2 nitrogen and oxygen atoms in total. The molecule has 74 valence electrons. The van der Waals surface area contributed by atoms with Crippen LogP contribution in [0.25, 0.3) is 10.1 Å². The summed E-state index contributed by atoms with van der Waals surface area (Å²) in [5, 5.41) is 2.05. The molecular formula is C10H10INOS. The molecule has 14 heavy (non-hydrogen) atoms. The van der Waals surface area contributed by atoms with Gasteiger partial charge in [0.2, 0.25) is 0 Å². The molecule has 0 aliphatic heterocycles. The Morgan fingerprint density at radius 1 is 1.43 bits per heavy atom. The van der Waals surface area contributed by atoms with Crippen molar-refractivity contribution >= 4 is 49.0 Å². The van der Waals surface area contributed by atoms with Crippen LogP contribution in [0, 0.1) is 3.57 Å². The lowest BCUT2D eigenvalue weighted by Crippen LogP contribution is -1.92. The van der Waals surface area contributed by atoms with Gasteiger partial charge >= 0.3 is 0 Å². The maximum atomic E-state index is 5.74. The molecule has 0 fully saturated rings. The van der Waals surface area contributed by atoms with Crippen LogP contribution in [-0.4, -0.2) is 6.61 Å². The molecule has 2 aromatic rings. The molecule has 1 heterocycles. The first-order valence-electron chi connectivity index (χ1n) is 4.32. The second-order valence-corrected chi connectivity index (χ2v) is 5.18.